The Morgan fingerprint density at radius 3 is 2.89 bits per heavy atom. The molecule has 0 fully saturated rings. The molecule has 0 unspecified atom stereocenters. The van der Waals surface area contributed by atoms with Gasteiger partial charge in [0.05, 0.1) is 16.8 Å². The van der Waals surface area contributed by atoms with Gasteiger partial charge in [0.1, 0.15) is 11.3 Å². The number of carbonyl (C=O) groups is 1. The maximum absolute atomic E-state index is 12.1. The zero-order chi connectivity index (χ0) is 18.8. The van der Waals surface area contributed by atoms with E-state index in [4.69, 9.17) is 20.4 Å². The summed E-state index contributed by atoms with van der Waals surface area (Å²) in [7, 11) is 0. The smallest absolute Gasteiger partial charge is 0.248 e. The van der Waals surface area contributed by atoms with Gasteiger partial charge in [-0.15, -0.1) is 0 Å². The van der Waals surface area contributed by atoms with Crippen LogP contribution >= 0.6 is 34.2 Å². The average Bonchev–Trinajstić information content (AvgIpc) is 3.31. The number of hydrogen-bond donors (Lipinski definition) is 1. The summed E-state index contributed by atoms with van der Waals surface area (Å²) >= 11 is 8.47. The van der Waals surface area contributed by atoms with Crippen molar-refractivity contribution >= 4 is 63.0 Å². The fourth-order valence-corrected chi connectivity index (χ4v) is 3.20. The molecule has 2 aromatic heterocycles. The second kappa shape index (κ2) is 7.58. The molecule has 1 N–H and O–H groups in total. The first kappa shape index (κ1) is 17.8. The third-order valence-electron chi connectivity index (χ3n) is 3.76. The molecule has 0 bridgehead atoms. The number of hydrogen-bond acceptors (Lipinski definition) is 4. The lowest BCUT2D eigenvalue weighted by Gasteiger charge is -2.00. The summed E-state index contributed by atoms with van der Waals surface area (Å²) in [5, 5.41) is 3.36. The summed E-state index contributed by atoms with van der Waals surface area (Å²) in [5.74, 6) is 0.779. The van der Waals surface area contributed by atoms with Crippen LogP contribution in [-0.4, -0.2) is 10.9 Å². The molecule has 4 aromatic rings. The topological polar surface area (TPSA) is 68.3 Å². The number of nitrogens with zero attached hydrogens (tertiary/aromatic N) is 1. The van der Waals surface area contributed by atoms with Crippen LogP contribution in [0.1, 0.15) is 5.76 Å². The van der Waals surface area contributed by atoms with E-state index in [0.717, 1.165) is 9.13 Å². The first-order valence-electron chi connectivity index (χ1n) is 7.97. The number of benzene rings is 2. The number of oxazole rings is 1. The lowest BCUT2D eigenvalue weighted by molar-refractivity contribution is -0.111. The first-order valence-corrected chi connectivity index (χ1v) is 9.43. The predicted octanol–water partition coefficient (Wildman–Crippen LogP) is 6.00. The normalized spacial score (nSPS) is 11.3. The lowest BCUT2D eigenvalue weighted by atomic mass is 10.2. The Balaban J connectivity index is 1.57. The van der Waals surface area contributed by atoms with Crippen LogP contribution in [0.4, 0.5) is 5.69 Å². The van der Waals surface area contributed by atoms with E-state index in [-0.39, 0.29) is 5.91 Å². The molecule has 0 radical (unpaired) electrons. The number of halogens is 2. The maximum atomic E-state index is 12.1. The Kier molecular flexibility index (Phi) is 5.00. The Bertz CT molecular complexity index is 1150. The van der Waals surface area contributed by atoms with E-state index in [1.165, 1.54) is 6.08 Å². The molecule has 0 saturated carbocycles. The highest BCUT2D eigenvalue weighted by atomic mass is 127. The third kappa shape index (κ3) is 4.06. The monoisotopic (exact) mass is 490 g/mol. The lowest BCUT2D eigenvalue weighted by Crippen LogP contribution is -2.07. The summed E-state index contributed by atoms with van der Waals surface area (Å²) in [6, 6.07) is 14.4. The van der Waals surface area contributed by atoms with Crippen LogP contribution in [0, 0.1) is 3.57 Å². The van der Waals surface area contributed by atoms with Crippen molar-refractivity contribution < 1.29 is 13.6 Å². The molecule has 2 aromatic carbocycles. The number of carbonyl (C=O) groups excluding carboxylic acids is 1. The Labute approximate surface area is 173 Å². The van der Waals surface area contributed by atoms with Gasteiger partial charge in [-0.25, -0.2) is 4.98 Å². The summed E-state index contributed by atoms with van der Waals surface area (Å²) in [5.41, 5.74) is 2.59. The standard InChI is InChI=1S/C20H12ClIN2O3/c21-16-6-3-12(22)10-15(16)20-24-17-11-13(4-7-18(17)27-20)23-19(25)8-5-14-2-1-9-26-14/h1-11H,(H,23,25)/b8-5-. The van der Waals surface area contributed by atoms with Crippen LogP contribution in [0.25, 0.3) is 28.6 Å². The molecule has 1 amide bonds. The fourth-order valence-electron chi connectivity index (χ4n) is 2.51. The van der Waals surface area contributed by atoms with E-state index >= 15 is 0 Å². The molecule has 134 valence electrons. The third-order valence-corrected chi connectivity index (χ3v) is 4.76. The largest absolute Gasteiger partial charge is 0.465 e. The Morgan fingerprint density at radius 2 is 2.07 bits per heavy atom. The predicted molar refractivity (Wildman–Crippen MR) is 114 cm³/mol. The van der Waals surface area contributed by atoms with Crippen molar-refractivity contribution in [2.24, 2.45) is 0 Å². The van der Waals surface area contributed by atoms with Crippen LogP contribution in [0.2, 0.25) is 5.02 Å². The molecule has 4 rings (SSSR count). The molecule has 0 aliphatic rings. The van der Waals surface area contributed by atoms with E-state index < -0.39 is 0 Å². The van der Waals surface area contributed by atoms with E-state index in [2.05, 4.69) is 32.9 Å². The minimum absolute atomic E-state index is 0.268. The molecule has 2 heterocycles. The van der Waals surface area contributed by atoms with Gasteiger partial charge in [0, 0.05) is 15.3 Å². The van der Waals surface area contributed by atoms with E-state index in [1.54, 1.807) is 42.7 Å². The molecule has 0 aliphatic carbocycles. The van der Waals surface area contributed by atoms with Crippen molar-refractivity contribution in [3.8, 4) is 11.5 Å². The number of fused-ring (bicyclic) bond motifs is 1. The first-order chi connectivity index (χ1) is 13.1. The molecular weight excluding hydrogens is 479 g/mol. The molecule has 0 spiro atoms. The van der Waals surface area contributed by atoms with Gasteiger partial charge in [-0.05, 0) is 77.2 Å². The highest BCUT2D eigenvalue weighted by molar-refractivity contribution is 14.1. The summed E-state index contributed by atoms with van der Waals surface area (Å²) in [6.45, 7) is 0. The summed E-state index contributed by atoms with van der Waals surface area (Å²) < 4.78 is 12.0. The van der Waals surface area contributed by atoms with Crippen LogP contribution in [0.5, 0.6) is 0 Å². The van der Waals surface area contributed by atoms with Gasteiger partial charge in [0.25, 0.3) is 0 Å². The van der Waals surface area contributed by atoms with Crippen molar-refractivity contribution in [2.45, 2.75) is 0 Å². The van der Waals surface area contributed by atoms with Gasteiger partial charge in [0.15, 0.2) is 5.58 Å². The molecule has 0 aliphatic heterocycles. The Hall–Kier alpha value is -2.58. The number of aromatic nitrogens is 1. The van der Waals surface area contributed by atoms with Gasteiger partial charge in [-0.2, -0.15) is 0 Å². The highest BCUT2D eigenvalue weighted by Gasteiger charge is 2.13. The fraction of sp³-hybridized carbons (Fsp3) is 0. The molecule has 0 atom stereocenters. The van der Waals surface area contributed by atoms with Crippen molar-refractivity contribution in [2.75, 3.05) is 5.32 Å². The van der Waals surface area contributed by atoms with Crippen molar-refractivity contribution in [3.63, 3.8) is 0 Å². The van der Waals surface area contributed by atoms with E-state index in [9.17, 15) is 4.79 Å². The average molecular weight is 491 g/mol. The van der Waals surface area contributed by atoms with E-state index in [1.807, 2.05) is 18.2 Å². The number of anilines is 1. The second-order valence-electron chi connectivity index (χ2n) is 5.66. The molecule has 5 nitrogen and oxygen atoms in total. The quantitative estimate of drug-likeness (QED) is 0.281. The van der Waals surface area contributed by atoms with Crippen molar-refractivity contribution in [1.82, 2.24) is 4.98 Å². The van der Waals surface area contributed by atoms with Gasteiger partial charge < -0.3 is 14.2 Å². The minimum Gasteiger partial charge on any atom is -0.465 e. The number of furan rings is 1. The van der Waals surface area contributed by atoms with Crippen LogP contribution in [0.15, 0.2) is 69.7 Å². The van der Waals surface area contributed by atoms with E-state index in [0.29, 0.717) is 33.5 Å². The molecule has 27 heavy (non-hydrogen) atoms. The molecule has 0 saturated heterocycles. The van der Waals surface area contributed by atoms with Crippen LogP contribution in [0.3, 0.4) is 0 Å². The zero-order valence-electron chi connectivity index (χ0n) is 13.8. The molecule has 7 heteroatoms. The number of amides is 1. The molecular formula is C20H12ClIN2O3. The van der Waals surface area contributed by atoms with Crippen molar-refractivity contribution in [3.05, 3.63) is 75.2 Å². The van der Waals surface area contributed by atoms with Gasteiger partial charge in [-0.1, -0.05) is 11.6 Å². The van der Waals surface area contributed by atoms with Crippen LogP contribution in [-0.2, 0) is 4.79 Å². The van der Waals surface area contributed by atoms with Crippen molar-refractivity contribution in [1.29, 1.82) is 0 Å². The summed E-state index contributed by atoms with van der Waals surface area (Å²) in [6.07, 6.45) is 4.55. The van der Waals surface area contributed by atoms with Gasteiger partial charge in [-0.3, -0.25) is 4.79 Å². The zero-order valence-corrected chi connectivity index (χ0v) is 16.7. The van der Waals surface area contributed by atoms with Gasteiger partial charge in [0.2, 0.25) is 11.8 Å². The van der Waals surface area contributed by atoms with Crippen LogP contribution < -0.4 is 5.32 Å². The second-order valence-corrected chi connectivity index (χ2v) is 7.32. The summed E-state index contributed by atoms with van der Waals surface area (Å²) in [4.78, 5) is 16.6. The minimum atomic E-state index is -0.268. The number of nitrogens with one attached hydrogen (secondary N) is 1. The maximum Gasteiger partial charge on any atom is 0.248 e. The SMILES string of the molecule is O=C(/C=C\c1ccco1)Nc1ccc2oc(-c3cc(I)ccc3Cl)nc2c1. The van der Waals surface area contributed by atoms with Gasteiger partial charge >= 0.3 is 0 Å². The number of rotatable bonds is 4. The highest BCUT2D eigenvalue weighted by Crippen LogP contribution is 2.32. The Morgan fingerprint density at radius 1 is 1.19 bits per heavy atom.